The van der Waals surface area contributed by atoms with E-state index in [1.165, 1.54) is 0 Å². The Bertz CT molecular complexity index is 797. The molecule has 23 heavy (non-hydrogen) atoms. The molecule has 1 aromatic heterocycles. The van der Waals surface area contributed by atoms with Crippen LogP contribution in [0.3, 0.4) is 0 Å². The number of rotatable bonds is 3. The molecule has 2 heterocycles. The van der Waals surface area contributed by atoms with E-state index < -0.39 is 0 Å². The largest absolute Gasteiger partial charge is 0.497 e. The van der Waals surface area contributed by atoms with Crippen LogP contribution in [0.25, 0.3) is 0 Å². The zero-order valence-electron chi connectivity index (χ0n) is 13.3. The van der Waals surface area contributed by atoms with Gasteiger partial charge in [0, 0.05) is 5.69 Å². The molecule has 6 nitrogen and oxygen atoms in total. The van der Waals surface area contributed by atoms with Gasteiger partial charge in [-0.25, -0.2) is 0 Å². The summed E-state index contributed by atoms with van der Waals surface area (Å²) in [6.07, 6.45) is 0. The van der Waals surface area contributed by atoms with Crippen molar-refractivity contribution in [2.45, 2.75) is 25.7 Å². The van der Waals surface area contributed by atoms with E-state index in [2.05, 4.69) is 30.1 Å². The van der Waals surface area contributed by atoms with Gasteiger partial charge in [-0.2, -0.15) is 5.26 Å². The normalized spacial score (nSPS) is 16.7. The SMILES string of the molecule is COc1ccc([C@@H]2C(C#N)=C(N)Oc3n[nH]c(C(C)C)c32)cc1. The summed E-state index contributed by atoms with van der Waals surface area (Å²) in [6.45, 7) is 4.12. The highest BCUT2D eigenvalue weighted by atomic mass is 16.5. The molecule has 6 heteroatoms. The number of fused-ring (bicyclic) bond motifs is 1. The van der Waals surface area contributed by atoms with E-state index in [1.54, 1.807) is 7.11 Å². The molecule has 0 amide bonds. The van der Waals surface area contributed by atoms with Crippen molar-refractivity contribution in [3.63, 3.8) is 0 Å². The van der Waals surface area contributed by atoms with Crippen LogP contribution in [0.15, 0.2) is 35.7 Å². The van der Waals surface area contributed by atoms with Crippen LogP contribution in [0.5, 0.6) is 11.6 Å². The van der Waals surface area contributed by atoms with Crippen molar-refractivity contribution in [3.8, 4) is 17.7 Å². The molecular formula is C17H18N4O2. The molecule has 0 saturated carbocycles. The van der Waals surface area contributed by atoms with Gasteiger partial charge < -0.3 is 15.2 Å². The first-order valence-electron chi connectivity index (χ1n) is 7.36. The van der Waals surface area contributed by atoms with E-state index in [1.807, 2.05) is 24.3 Å². The maximum absolute atomic E-state index is 9.56. The second-order valence-electron chi connectivity index (χ2n) is 5.71. The molecule has 118 valence electrons. The van der Waals surface area contributed by atoms with E-state index in [-0.39, 0.29) is 17.7 Å². The van der Waals surface area contributed by atoms with Crippen LogP contribution in [0.4, 0.5) is 0 Å². The average Bonchev–Trinajstić information content (AvgIpc) is 2.97. The average molecular weight is 310 g/mol. The standard InChI is InChI=1S/C17H18N4O2/c1-9(2)15-14-13(10-4-6-11(22-3)7-5-10)12(8-18)16(19)23-17(14)21-20-15/h4-7,9,13H,19H2,1-3H3,(H,20,21)/t13-/m1/s1. The van der Waals surface area contributed by atoms with Crippen molar-refractivity contribution in [3.05, 3.63) is 52.5 Å². The van der Waals surface area contributed by atoms with Crippen LogP contribution < -0.4 is 15.2 Å². The van der Waals surface area contributed by atoms with Crippen molar-refractivity contribution in [1.29, 1.82) is 5.26 Å². The zero-order valence-corrected chi connectivity index (χ0v) is 13.3. The van der Waals surface area contributed by atoms with E-state index in [4.69, 9.17) is 15.2 Å². The lowest BCUT2D eigenvalue weighted by Gasteiger charge is -2.24. The molecule has 0 fully saturated rings. The number of nitrogens with two attached hydrogens (primary N) is 1. The Morgan fingerprint density at radius 3 is 2.61 bits per heavy atom. The number of allylic oxidation sites excluding steroid dienone is 1. The number of hydrogen-bond donors (Lipinski definition) is 2. The minimum absolute atomic E-state index is 0.0997. The number of methoxy groups -OCH3 is 1. The van der Waals surface area contributed by atoms with E-state index in [9.17, 15) is 5.26 Å². The number of nitrogens with zero attached hydrogens (tertiary/aromatic N) is 2. The summed E-state index contributed by atoms with van der Waals surface area (Å²) in [6, 6.07) is 9.78. The maximum atomic E-state index is 9.56. The number of nitrogens with one attached hydrogen (secondary N) is 1. The lowest BCUT2D eigenvalue weighted by molar-refractivity contribution is 0.378. The molecule has 2 aromatic rings. The molecule has 0 spiro atoms. The van der Waals surface area contributed by atoms with Crippen LogP contribution in [0.1, 0.15) is 42.5 Å². The van der Waals surface area contributed by atoms with Crippen molar-refractivity contribution in [1.82, 2.24) is 10.2 Å². The Labute approximate surface area is 134 Å². The molecule has 0 bridgehead atoms. The fourth-order valence-electron chi connectivity index (χ4n) is 2.84. The third kappa shape index (κ3) is 2.40. The number of aromatic amines is 1. The summed E-state index contributed by atoms with van der Waals surface area (Å²) >= 11 is 0. The van der Waals surface area contributed by atoms with Crippen molar-refractivity contribution < 1.29 is 9.47 Å². The van der Waals surface area contributed by atoms with Crippen LogP contribution in [-0.2, 0) is 0 Å². The number of aromatic nitrogens is 2. The molecule has 0 radical (unpaired) electrons. The fourth-order valence-corrected chi connectivity index (χ4v) is 2.84. The smallest absolute Gasteiger partial charge is 0.244 e. The molecule has 3 N–H and O–H groups in total. The third-order valence-electron chi connectivity index (χ3n) is 3.99. The van der Waals surface area contributed by atoms with Gasteiger partial charge in [-0.05, 0) is 23.6 Å². The van der Waals surface area contributed by atoms with Gasteiger partial charge in [-0.1, -0.05) is 26.0 Å². The van der Waals surface area contributed by atoms with Crippen LogP contribution >= 0.6 is 0 Å². The quantitative estimate of drug-likeness (QED) is 0.908. The van der Waals surface area contributed by atoms with Crippen LogP contribution in [0, 0.1) is 11.3 Å². The number of ether oxygens (including phenoxy) is 2. The van der Waals surface area contributed by atoms with Gasteiger partial charge in [0.2, 0.25) is 11.8 Å². The Morgan fingerprint density at radius 1 is 1.35 bits per heavy atom. The first-order chi connectivity index (χ1) is 11.1. The number of benzene rings is 1. The highest BCUT2D eigenvalue weighted by Gasteiger charge is 2.35. The van der Waals surface area contributed by atoms with Gasteiger partial charge >= 0.3 is 0 Å². The van der Waals surface area contributed by atoms with E-state index >= 15 is 0 Å². The second kappa shape index (κ2) is 5.69. The molecule has 1 aliphatic rings. The monoisotopic (exact) mass is 310 g/mol. The van der Waals surface area contributed by atoms with Crippen molar-refractivity contribution in [2.75, 3.05) is 7.11 Å². The van der Waals surface area contributed by atoms with E-state index in [0.29, 0.717) is 11.5 Å². The Morgan fingerprint density at radius 2 is 2.04 bits per heavy atom. The van der Waals surface area contributed by atoms with Crippen LogP contribution in [0.2, 0.25) is 0 Å². The summed E-state index contributed by atoms with van der Waals surface area (Å²) in [7, 11) is 1.62. The molecule has 1 aromatic carbocycles. The highest BCUT2D eigenvalue weighted by molar-refractivity contribution is 5.56. The minimum atomic E-state index is -0.300. The summed E-state index contributed by atoms with van der Waals surface area (Å²) in [5, 5.41) is 16.8. The van der Waals surface area contributed by atoms with Crippen molar-refractivity contribution in [2.24, 2.45) is 5.73 Å². The topological polar surface area (TPSA) is 96.9 Å². The zero-order chi connectivity index (χ0) is 16.6. The number of nitriles is 1. The Kier molecular flexibility index (Phi) is 3.70. The first kappa shape index (κ1) is 15.0. The highest BCUT2D eigenvalue weighted by Crippen LogP contribution is 2.44. The van der Waals surface area contributed by atoms with Crippen molar-refractivity contribution >= 4 is 0 Å². The molecule has 1 atom stereocenters. The number of hydrogen-bond acceptors (Lipinski definition) is 5. The molecule has 0 saturated heterocycles. The van der Waals surface area contributed by atoms with Gasteiger partial charge in [0.25, 0.3) is 0 Å². The molecule has 3 rings (SSSR count). The molecule has 1 aliphatic heterocycles. The summed E-state index contributed by atoms with van der Waals surface area (Å²) < 4.78 is 10.7. The molecular weight excluding hydrogens is 292 g/mol. The minimum Gasteiger partial charge on any atom is -0.497 e. The summed E-state index contributed by atoms with van der Waals surface area (Å²) in [5.41, 5.74) is 9.08. The second-order valence-corrected chi connectivity index (χ2v) is 5.71. The Hall–Kier alpha value is -2.94. The van der Waals surface area contributed by atoms with E-state index in [0.717, 1.165) is 22.6 Å². The molecule has 0 unspecified atom stereocenters. The lowest BCUT2D eigenvalue weighted by Crippen LogP contribution is -2.21. The van der Waals surface area contributed by atoms with Gasteiger partial charge in [-0.15, -0.1) is 5.10 Å². The van der Waals surface area contributed by atoms with Gasteiger partial charge in [0.1, 0.15) is 17.4 Å². The lowest BCUT2D eigenvalue weighted by atomic mass is 9.82. The third-order valence-corrected chi connectivity index (χ3v) is 3.99. The van der Waals surface area contributed by atoms with Gasteiger partial charge in [0.05, 0.1) is 18.6 Å². The maximum Gasteiger partial charge on any atom is 0.244 e. The Balaban J connectivity index is 2.19. The van der Waals surface area contributed by atoms with Gasteiger partial charge in [-0.3, -0.25) is 5.10 Å². The first-order valence-corrected chi connectivity index (χ1v) is 7.36. The van der Waals surface area contributed by atoms with Gasteiger partial charge in [0.15, 0.2) is 0 Å². The predicted octanol–water partition coefficient (Wildman–Crippen LogP) is 2.76. The fraction of sp³-hybridized carbons (Fsp3) is 0.294. The molecule has 0 aliphatic carbocycles. The summed E-state index contributed by atoms with van der Waals surface area (Å²) in [4.78, 5) is 0. The van der Waals surface area contributed by atoms with Crippen LogP contribution in [-0.4, -0.2) is 17.3 Å². The predicted molar refractivity (Wildman–Crippen MR) is 85.0 cm³/mol. The summed E-state index contributed by atoms with van der Waals surface area (Å²) in [5.74, 6) is 1.21. The number of H-pyrrole nitrogens is 1.